The zero-order valence-corrected chi connectivity index (χ0v) is 24.6. The van der Waals surface area contributed by atoms with Gasteiger partial charge in [0.05, 0.1) is 18.5 Å². The van der Waals surface area contributed by atoms with Crippen LogP contribution in [0.4, 0.5) is 5.69 Å². The SMILES string of the molecule is C=N/C(=N\C1=C(C)N(C)C(=O)CCN1C1CCCC1)Nc1ccc(C(=O)NCC(C)(C)CN(C)C)cc1OC. The van der Waals surface area contributed by atoms with Gasteiger partial charge in [-0.1, -0.05) is 26.7 Å². The number of carbonyl (C=O) groups excluding carboxylic acids is 2. The van der Waals surface area contributed by atoms with E-state index in [1.807, 2.05) is 21.0 Å². The maximum atomic E-state index is 12.9. The first-order valence-corrected chi connectivity index (χ1v) is 13.6. The largest absolute Gasteiger partial charge is 0.495 e. The Morgan fingerprint density at radius 1 is 1.26 bits per heavy atom. The minimum absolute atomic E-state index is 0.0678. The molecule has 0 spiro atoms. The first kappa shape index (κ1) is 30.1. The van der Waals surface area contributed by atoms with E-state index in [0.717, 1.165) is 30.9 Å². The lowest BCUT2D eigenvalue weighted by Gasteiger charge is -2.31. The summed E-state index contributed by atoms with van der Waals surface area (Å²) in [7, 11) is 7.39. The van der Waals surface area contributed by atoms with Crippen molar-refractivity contribution >= 4 is 30.2 Å². The number of allylic oxidation sites excluding steroid dienone is 1. The topological polar surface area (TPSA) is 102 Å². The third-order valence-electron chi connectivity index (χ3n) is 7.35. The van der Waals surface area contributed by atoms with Gasteiger partial charge in [-0.2, -0.15) is 4.99 Å². The molecule has 0 radical (unpaired) electrons. The summed E-state index contributed by atoms with van der Waals surface area (Å²) in [4.78, 5) is 40.5. The van der Waals surface area contributed by atoms with Gasteiger partial charge in [0.1, 0.15) is 5.75 Å². The molecule has 0 atom stereocenters. The van der Waals surface area contributed by atoms with E-state index in [1.54, 1.807) is 37.3 Å². The van der Waals surface area contributed by atoms with E-state index < -0.39 is 0 Å². The average molecular weight is 540 g/mol. The fraction of sp³-hybridized carbons (Fsp3) is 0.586. The second-order valence-electron chi connectivity index (χ2n) is 11.5. The van der Waals surface area contributed by atoms with Crippen LogP contribution < -0.4 is 15.4 Å². The number of hydrogen-bond donors (Lipinski definition) is 2. The first-order chi connectivity index (χ1) is 18.5. The monoisotopic (exact) mass is 539 g/mol. The maximum Gasteiger partial charge on any atom is 0.251 e. The van der Waals surface area contributed by atoms with E-state index in [0.29, 0.717) is 42.6 Å². The van der Waals surface area contributed by atoms with Gasteiger partial charge in [0.15, 0.2) is 5.82 Å². The standard InChI is InChI=1S/C29H45N7O3/c1-20-26(36(22-11-9-10-12-22)16-15-25(37)35(20)7)33-28(30-4)32-23-14-13-21(17-24(23)39-8)27(38)31-18-29(2,3)19-34(5)6/h13-14,17,22H,4,9-12,15-16,18-19H2,1-3,5-8H3,(H,31,38)(H,32,33). The predicted molar refractivity (Wildman–Crippen MR) is 157 cm³/mol. The highest BCUT2D eigenvalue weighted by atomic mass is 16.5. The van der Waals surface area contributed by atoms with Gasteiger partial charge in [-0.3, -0.25) is 9.59 Å². The van der Waals surface area contributed by atoms with Crippen LogP contribution in [0.2, 0.25) is 0 Å². The van der Waals surface area contributed by atoms with Gasteiger partial charge >= 0.3 is 0 Å². The summed E-state index contributed by atoms with van der Waals surface area (Å²) in [5, 5.41) is 6.25. The van der Waals surface area contributed by atoms with E-state index in [4.69, 9.17) is 9.73 Å². The molecule has 2 aliphatic rings. The van der Waals surface area contributed by atoms with E-state index in [1.165, 1.54) is 12.8 Å². The molecule has 1 aromatic rings. The molecule has 2 N–H and O–H groups in total. The van der Waals surface area contributed by atoms with Crippen LogP contribution in [0.15, 0.2) is 39.7 Å². The summed E-state index contributed by atoms with van der Waals surface area (Å²) >= 11 is 0. The van der Waals surface area contributed by atoms with Crippen molar-refractivity contribution in [2.75, 3.05) is 53.2 Å². The van der Waals surface area contributed by atoms with Gasteiger partial charge in [0, 0.05) is 44.7 Å². The molecular formula is C29H45N7O3. The van der Waals surface area contributed by atoms with Crippen molar-refractivity contribution in [1.29, 1.82) is 0 Å². The zero-order chi connectivity index (χ0) is 28.7. The summed E-state index contributed by atoms with van der Waals surface area (Å²) < 4.78 is 5.60. The van der Waals surface area contributed by atoms with Crippen molar-refractivity contribution in [3.05, 3.63) is 35.3 Å². The number of carbonyl (C=O) groups is 2. The molecule has 0 saturated heterocycles. The number of hydrogen-bond acceptors (Lipinski definition) is 6. The number of nitrogens with zero attached hydrogens (tertiary/aromatic N) is 5. The zero-order valence-electron chi connectivity index (χ0n) is 24.6. The van der Waals surface area contributed by atoms with Crippen LogP contribution in [0.3, 0.4) is 0 Å². The molecule has 2 amide bonds. The summed E-state index contributed by atoms with van der Waals surface area (Å²) in [5.74, 6) is 1.40. The van der Waals surface area contributed by atoms with Gasteiger partial charge in [0.2, 0.25) is 11.9 Å². The number of rotatable bonds is 9. The normalized spacial score (nSPS) is 17.5. The minimum Gasteiger partial charge on any atom is -0.495 e. The van der Waals surface area contributed by atoms with Gasteiger partial charge < -0.3 is 30.1 Å². The maximum absolute atomic E-state index is 12.9. The van der Waals surface area contributed by atoms with Crippen LogP contribution >= 0.6 is 0 Å². The van der Waals surface area contributed by atoms with E-state index in [-0.39, 0.29) is 23.2 Å². The molecule has 3 rings (SSSR count). The molecule has 10 heteroatoms. The van der Waals surface area contributed by atoms with Crippen molar-refractivity contribution in [3.63, 3.8) is 0 Å². The molecule has 0 bridgehead atoms. The Morgan fingerprint density at radius 2 is 1.95 bits per heavy atom. The number of methoxy groups -OCH3 is 1. The molecule has 39 heavy (non-hydrogen) atoms. The van der Waals surface area contributed by atoms with Crippen LogP contribution in [0.1, 0.15) is 63.2 Å². The molecule has 10 nitrogen and oxygen atoms in total. The summed E-state index contributed by atoms with van der Waals surface area (Å²) in [6.07, 6.45) is 4.96. The van der Waals surface area contributed by atoms with E-state index in [9.17, 15) is 9.59 Å². The lowest BCUT2D eigenvalue weighted by molar-refractivity contribution is -0.127. The highest BCUT2D eigenvalue weighted by Crippen LogP contribution is 2.31. The van der Waals surface area contributed by atoms with Gasteiger partial charge in [-0.15, -0.1) is 0 Å². The van der Waals surface area contributed by atoms with Crippen molar-refractivity contribution in [2.24, 2.45) is 15.4 Å². The molecule has 1 fully saturated rings. The van der Waals surface area contributed by atoms with Crippen LogP contribution in [0.25, 0.3) is 0 Å². The second kappa shape index (κ2) is 13.1. The van der Waals surface area contributed by atoms with Crippen LogP contribution in [-0.4, -0.2) is 93.1 Å². The highest BCUT2D eigenvalue weighted by molar-refractivity contribution is 6.00. The lowest BCUT2D eigenvalue weighted by Crippen LogP contribution is -2.39. The number of amides is 2. The Labute approximate surface area is 233 Å². The third kappa shape index (κ3) is 7.81. The molecular weight excluding hydrogens is 494 g/mol. The minimum atomic E-state index is -0.165. The molecule has 1 saturated carbocycles. The molecule has 0 aromatic heterocycles. The summed E-state index contributed by atoms with van der Waals surface area (Å²) in [5.41, 5.74) is 1.82. The average Bonchev–Trinajstić information content (AvgIpc) is 3.40. The molecule has 1 aromatic carbocycles. The third-order valence-corrected chi connectivity index (χ3v) is 7.35. The van der Waals surface area contributed by atoms with Crippen LogP contribution in [-0.2, 0) is 4.79 Å². The summed E-state index contributed by atoms with van der Waals surface area (Å²) in [6.45, 7) is 11.9. The fourth-order valence-electron chi connectivity index (χ4n) is 5.34. The molecule has 214 valence electrons. The Morgan fingerprint density at radius 3 is 2.56 bits per heavy atom. The molecule has 1 heterocycles. The van der Waals surface area contributed by atoms with E-state index in [2.05, 4.69) is 46.0 Å². The predicted octanol–water partition coefficient (Wildman–Crippen LogP) is 3.78. The number of nitrogens with one attached hydrogen (secondary N) is 2. The Balaban J connectivity index is 1.84. The second-order valence-corrected chi connectivity index (χ2v) is 11.5. The number of aliphatic imine (C=N–C) groups is 2. The molecule has 1 aliphatic heterocycles. The summed E-state index contributed by atoms with van der Waals surface area (Å²) in [6, 6.07) is 5.56. The van der Waals surface area contributed by atoms with Crippen molar-refractivity contribution in [1.82, 2.24) is 20.0 Å². The highest BCUT2D eigenvalue weighted by Gasteiger charge is 2.31. The van der Waals surface area contributed by atoms with Crippen molar-refractivity contribution in [2.45, 2.75) is 58.9 Å². The molecule has 1 aliphatic carbocycles. The number of benzene rings is 1. The number of ether oxygens (including phenoxy) is 1. The Hall–Kier alpha value is -3.40. The van der Waals surface area contributed by atoms with Gasteiger partial charge in [-0.25, -0.2) is 4.99 Å². The first-order valence-electron chi connectivity index (χ1n) is 13.6. The van der Waals surface area contributed by atoms with Crippen molar-refractivity contribution < 1.29 is 14.3 Å². The number of anilines is 1. The number of guanidine groups is 1. The lowest BCUT2D eigenvalue weighted by atomic mass is 9.93. The molecule has 0 unspecified atom stereocenters. The van der Waals surface area contributed by atoms with Gasteiger partial charge in [0.25, 0.3) is 5.91 Å². The van der Waals surface area contributed by atoms with Crippen LogP contribution in [0, 0.1) is 5.41 Å². The van der Waals surface area contributed by atoms with E-state index >= 15 is 0 Å². The van der Waals surface area contributed by atoms with Crippen molar-refractivity contribution in [3.8, 4) is 5.75 Å². The Bertz CT molecular complexity index is 1120. The van der Waals surface area contributed by atoms with Crippen LogP contribution in [0.5, 0.6) is 5.75 Å². The smallest absolute Gasteiger partial charge is 0.251 e. The fourth-order valence-corrected chi connectivity index (χ4v) is 5.34. The Kier molecular flexibility index (Phi) is 10.1. The quantitative estimate of drug-likeness (QED) is 0.366. The van der Waals surface area contributed by atoms with Gasteiger partial charge in [-0.05, 0) is 64.2 Å².